The molecule has 1 aromatic carbocycles. The molecule has 1 aromatic heterocycles. The van der Waals surface area contributed by atoms with Gasteiger partial charge in [0, 0.05) is 23.7 Å². The molecular formula is C19H20N2O. The van der Waals surface area contributed by atoms with E-state index in [9.17, 15) is 4.79 Å². The average molecular weight is 292 g/mol. The molecule has 3 saturated heterocycles. The van der Waals surface area contributed by atoms with Gasteiger partial charge in [-0.1, -0.05) is 24.3 Å². The van der Waals surface area contributed by atoms with E-state index in [0.717, 1.165) is 36.0 Å². The van der Waals surface area contributed by atoms with Gasteiger partial charge in [0.15, 0.2) is 5.78 Å². The molecule has 112 valence electrons. The van der Waals surface area contributed by atoms with Gasteiger partial charge in [-0.2, -0.15) is 0 Å². The summed E-state index contributed by atoms with van der Waals surface area (Å²) in [6, 6.07) is 9.80. The number of hydrogen-bond acceptors (Lipinski definition) is 3. The highest BCUT2D eigenvalue weighted by atomic mass is 16.1. The number of para-hydroxylation sites is 1. The van der Waals surface area contributed by atoms with Crippen LogP contribution in [0.15, 0.2) is 49.2 Å². The molecule has 3 aliphatic heterocycles. The third kappa shape index (κ3) is 2.08. The van der Waals surface area contributed by atoms with Crippen LogP contribution in [-0.2, 0) is 0 Å². The van der Waals surface area contributed by atoms with Crippen LogP contribution in [0, 0.1) is 11.8 Å². The first kappa shape index (κ1) is 13.6. The smallest absolute Gasteiger partial charge is 0.180 e. The number of carbonyl (C=O) groups is 1. The van der Waals surface area contributed by atoms with Crippen molar-refractivity contribution in [2.45, 2.75) is 18.9 Å². The van der Waals surface area contributed by atoms with Gasteiger partial charge in [0.25, 0.3) is 0 Å². The molecule has 4 heterocycles. The fourth-order valence-corrected chi connectivity index (χ4v) is 4.10. The van der Waals surface area contributed by atoms with Crippen molar-refractivity contribution in [2.75, 3.05) is 13.1 Å². The number of hydrogen-bond donors (Lipinski definition) is 0. The average Bonchev–Trinajstić information content (AvgIpc) is 2.60. The molecule has 22 heavy (non-hydrogen) atoms. The minimum Gasteiger partial charge on any atom is -0.293 e. The predicted octanol–water partition coefficient (Wildman–Crippen LogP) is 3.31. The second-order valence-corrected chi connectivity index (χ2v) is 6.43. The molecule has 0 saturated carbocycles. The van der Waals surface area contributed by atoms with Crippen LogP contribution in [0.5, 0.6) is 0 Å². The third-order valence-corrected chi connectivity index (χ3v) is 5.32. The summed E-state index contributed by atoms with van der Waals surface area (Å²) in [5.74, 6) is 1.42. The zero-order chi connectivity index (χ0) is 15.1. The van der Waals surface area contributed by atoms with Gasteiger partial charge in [0.1, 0.15) is 0 Å². The predicted molar refractivity (Wildman–Crippen MR) is 87.8 cm³/mol. The Labute approximate surface area is 130 Å². The zero-order valence-corrected chi connectivity index (χ0v) is 12.6. The molecular weight excluding hydrogens is 272 g/mol. The normalized spacial score (nSPS) is 30.4. The number of carbonyl (C=O) groups excluding carboxylic acids is 1. The van der Waals surface area contributed by atoms with Crippen LogP contribution in [0.4, 0.5) is 0 Å². The Kier molecular flexibility index (Phi) is 3.30. The zero-order valence-electron chi connectivity index (χ0n) is 12.6. The van der Waals surface area contributed by atoms with Crippen molar-refractivity contribution in [3.8, 4) is 0 Å². The van der Waals surface area contributed by atoms with E-state index in [2.05, 4.69) is 22.5 Å². The van der Waals surface area contributed by atoms with E-state index >= 15 is 0 Å². The fourth-order valence-electron chi connectivity index (χ4n) is 4.10. The van der Waals surface area contributed by atoms with Crippen molar-refractivity contribution >= 4 is 16.7 Å². The molecule has 3 aliphatic rings. The molecule has 0 amide bonds. The van der Waals surface area contributed by atoms with E-state index in [1.54, 1.807) is 6.20 Å². The number of aromatic nitrogens is 1. The van der Waals surface area contributed by atoms with Crippen LogP contribution < -0.4 is 0 Å². The number of Topliss-reactive ketones (excluding diaryl/α,β-unsaturated/α-hetero) is 1. The number of nitrogens with zero attached hydrogens (tertiary/aromatic N) is 2. The summed E-state index contributed by atoms with van der Waals surface area (Å²) in [7, 11) is 0. The molecule has 0 radical (unpaired) electrons. The molecule has 2 aromatic rings. The molecule has 3 fully saturated rings. The van der Waals surface area contributed by atoms with Crippen LogP contribution in [0.25, 0.3) is 10.9 Å². The molecule has 5 rings (SSSR count). The molecule has 0 aliphatic carbocycles. The first-order chi connectivity index (χ1) is 10.8. The van der Waals surface area contributed by atoms with Crippen molar-refractivity contribution in [2.24, 2.45) is 11.8 Å². The number of ketones is 1. The van der Waals surface area contributed by atoms with Crippen LogP contribution in [-0.4, -0.2) is 34.8 Å². The van der Waals surface area contributed by atoms with Crippen LogP contribution in [0.3, 0.4) is 0 Å². The first-order valence-electron chi connectivity index (χ1n) is 8.02. The van der Waals surface area contributed by atoms with E-state index in [0.29, 0.717) is 11.8 Å². The highest BCUT2D eigenvalue weighted by Gasteiger charge is 2.42. The van der Waals surface area contributed by atoms with Gasteiger partial charge in [-0.05, 0) is 43.4 Å². The molecule has 0 N–H and O–H groups in total. The van der Waals surface area contributed by atoms with Crippen molar-refractivity contribution < 1.29 is 4.79 Å². The molecule has 3 heteroatoms. The Morgan fingerprint density at radius 1 is 1.32 bits per heavy atom. The van der Waals surface area contributed by atoms with Gasteiger partial charge in [-0.3, -0.25) is 14.7 Å². The summed E-state index contributed by atoms with van der Waals surface area (Å²) in [4.78, 5) is 19.8. The van der Waals surface area contributed by atoms with Gasteiger partial charge >= 0.3 is 0 Å². The maximum atomic E-state index is 13.1. The second kappa shape index (κ2) is 5.33. The van der Waals surface area contributed by atoms with Gasteiger partial charge in [-0.15, -0.1) is 6.58 Å². The Bertz CT molecular complexity index is 734. The number of rotatable bonds is 3. The largest absolute Gasteiger partial charge is 0.293 e. The third-order valence-electron chi connectivity index (χ3n) is 5.32. The topological polar surface area (TPSA) is 33.2 Å². The lowest BCUT2D eigenvalue weighted by Gasteiger charge is -2.48. The quantitative estimate of drug-likeness (QED) is 0.643. The highest BCUT2D eigenvalue weighted by molar-refractivity contribution is 6.09. The summed E-state index contributed by atoms with van der Waals surface area (Å²) < 4.78 is 0. The molecule has 0 spiro atoms. The standard InChI is InChI=1S/C19H20N2O/c1-2-13-12-21-10-8-14(13)11-18(21)19(22)16-7-9-20-17-6-4-3-5-15(16)17/h2-7,9,13-14,18H,1,8,10-12H2/t13-,14?,18-/m0/s1. The van der Waals surface area contributed by atoms with Crippen LogP contribution in [0.1, 0.15) is 23.2 Å². The summed E-state index contributed by atoms with van der Waals surface area (Å²) in [5.41, 5.74) is 1.71. The summed E-state index contributed by atoms with van der Waals surface area (Å²) in [5, 5.41) is 0.970. The first-order valence-corrected chi connectivity index (χ1v) is 8.02. The lowest BCUT2D eigenvalue weighted by Crippen LogP contribution is -2.55. The van der Waals surface area contributed by atoms with Crippen LogP contribution >= 0.6 is 0 Å². The van der Waals surface area contributed by atoms with Gasteiger partial charge in [-0.25, -0.2) is 0 Å². The maximum Gasteiger partial charge on any atom is 0.180 e. The Balaban J connectivity index is 1.69. The Hall–Kier alpha value is -2.00. The van der Waals surface area contributed by atoms with Gasteiger partial charge in [0.05, 0.1) is 11.6 Å². The van der Waals surface area contributed by atoms with Crippen molar-refractivity contribution in [1.82, 2.24) is 9.88 Å². The number of fused-ring (bicyclic) bond motifs is 4. The molecule has 2 bridgehead atoms. The Morgan fingerprint density at radius 2 is 2.18 bits per heavy atom. The van der Waals surface area contributed by atoms with Gasteiger partial charge in [0.2, 0.25) is 0 Å². The van der Waals surface area contributed by atoms with Crippen molar-refractivity contribution in [1.29, 1.82) is 0 Å². The summed E-state index contributed by atoms with van der Waals surface area (Å²) >= 11 is 0. The minimum atomic E-state index is 0.0285. The van der Waals surface area contributed by atoms with E-state index in [1.165, 1.54) is 6.42 Å². The van der Waals surface area contributed by atoms with E-state index < -0.39 is 0 Å². The fraction of sp³-hybridized carbons (Fsp3) is 0.368. The van der Waals surface area contributed by atoms with Crippen molar-refractivity contribution in [3.05, 3.63) is 54.7 Å². The molecule has 2 unspecified atom stereocenters. The monoisotopic (exact) mass is 292 g/mol. The number of benzene rings is 1. The number of piperidine rings is 3. The lowest BCUT2D eigenvalue weighted by molar-refractivity contribution is 0.0205. The number of pyridine rings is 1. The van der Waals surface area contributed by atoms with Crippen LogP contribution in [0.2, 0.25) is 0 Å². The summed E-state index contributed by atoms with van der Waals surface area (Å²) in [6.07, 6.45) is 5.97. The molecule has 4 atom stereocenters. The highest BCUT2D eigenvalue weighted by Crippen LogP contribution is 2.38. The van der Waals surface area contributed by atoms with Gasteiger partial charge < -0.3 is 0 Å². The summed E-state index contributed by atoms with van der Waals surface area (Å²) in [6.45, 7) is 5.97. The lowest BCUT2D eigenvalue weighted by atomic mass is 9.74. The van der Waals surface area contributed by atoms with Crippen molar-refractivity contribution in [3.63, 3.8) is 0 Å². The SMILES string of the molecule is C=C[C@H]1CN2CCC1C[C@H]2C(=O)c1ccnc2ccccc12. The van der Waals surface area contributed by atoms with E-state index in [-0.39, 0.29) is 11.8 Å². The van der Waals surface area contributed by atoms with E-state index in [1.807, 2.05) is 30.3 Å². The minimum absolute atomic E-state index is 0.0285. The second-order valence-electron chi connectivity index (χ2n) is 6.43. The Morgan fingerprint density at radius 3 is 2.95 bits per heavy atom. The van der Waals surface area contributed by atoms with E-state index in [4.69, 9.17) is 0 Å². The molecule has 3 nitrogen and oxygen atoms in total. The maximum absolute atomic E-state index is 13.1.